The van der Waals surface area contributed by atoms with Crippen LogP contribution < -0.4 is 5.32 Å². The second-order valence-corrected chi connectivity index (χ2v) is 5.22. The molecule has 6 heteroatoms. The molecule has 1 saturated heterocycles. The second kappa shape index (κ2) is 6.71. The Kier molecular flexibility index (Phi) is 5.92. The number of nitrogens with zero attached hydrogens (tertiary/aromatic N) is 1. The zero-order valence-electron chi connectivity index (χ0n) is 9.52. The molecule has 0 aromatic rings. The van der Waals surface area contributed by atoms with Crippen molar-refractivity contribution < 1.29 is 13.2 Å². The summed E-state index contributed by atoms with van der Waals surface area (Å²) in [6.07, 6.45) is 1.10. The molecule has 0 radical (unpaired) electrons. The Hall–Kier alpha value is 0.0600. The third kappa shape index (κ3) is 5.96. The first kappa shape index (κ1) is 14.1. The van der Waals surface area contributed by atoms with Crippen molar-refractivity contribution >= 4 is 11.8 Å². The number of rotatable bonds is 6. The topological polar surface area (TPSA) is 15.3 Å². The molecule has 1 fully saturated rings. The molecule has 2 nitrogen and oxygen atoms in total. The van der Waals surface area contributed by atoms with Gasteiger partial charge in [-0.05, 0) is 43.7 Å². The molecule has 0 aliphatic carbocycles. The Morgan fingerprint density at radius 1 is 1.44 bits per heavy atom. The maximum Gasteiger partial charge on any atom is 0.441 e. The summed E-state index contributed by atoms with van der Waals surface area (Å²) in [4.78, 5) is 2.13. The zero-order chi connectivity index (χ0) is 12.0. The fraction of sp³-hybridized carbons (Fsp3) is 1.00. The third-order valence-electron chi connectivity index (χ3n) is 2.73. The van der Waals surface area contributed by atoms with E-state index in [0.29, 0.717) is 12.5 Å². The molecule has 0 aromatic carbocycles. The van der Waals surface area contributed by atoms with Crippen LogP contribution in [0.2, 0.25) is 0 Å². The quantitative estimate of drug-likeness (QED) is 0.784. The molecule has 0 bridgehead atoms. The van der Waals surface area contributed by atoms with Crippen LogP contribution in [-0.4, -0.2) is 48.9 Å². The highest BCUT2D eigenvalue weighted by atomic mass is 32.2. The van der Waals surface area contributed by atoms with Crippen LogP contribution in [0.25, 0.3) is 0 Å². The third-order valence-corrected chi connectivity index (χ3v) is 3.44. The summed E-state index contributed by atoms with van der Waals surface area (Å²) in [5, 5.41) is 3.28. The fourth-order valence-corrected chi connectivity index (χ4v) is 2.50. The van der Waals surface area contributed by atoms with Gasteiger partial charge >= 0.3 is 5.51 Å². The molecule has 96 valence electrons. The summed E-state index contributed by atoms with van der Waals surface area (Å²) in [6.45, 7) is 6.43. The maximum atomic E-state index is 11.9. The van der Waals surface area contributed by atoms with E-state index >= 15 is 0 Å². The van der Waals surface area contributed by atoms with Crippen LogP contribution in [-0.2, 0) is 0 Å². The van der Waals surface area contributed by atoms with Gasteiger partial charge in [-0.25, -0.2) is 0 Å². The largest absolute Gasteiger partial charge is 0.441 e. The molecule has 0 spiro atoms. The molecule has 1 aliphatic rings. The van der Waals surface area contributed by atoms with Crippen LogP contribution in [0.4, 0.5) is 13.2 Å². The van der Waals surface area contributed by atoms with E-state index < -0.39 is 5.51 Å². The predicted octanol–water partition coefficient (Wildman–Crippen LogP) is 2.17. The highest BCUT2D eigenvalue weighted by Crippen LogP contribution is 2.30. The SMILES string of the molecule is CCNCC1CCN(CCSC(F)(F)F)C1. The molecular weight excluding hydrogens is 237 g/mol. The van der Waals surface area contributed by atoms with Gasteiger partial charge in [0.1, 0.15) is 0 Å². The molecular formula is C10H19F3N2S. The molecule has 1 unspecified atom stereocenters. The first-order valence-electron chi connectivity index (χ1n) is 5.65. The molecule has 0 aromatic heterocycles. The normalized spacial score (nSPS) is 22.9. The summed E-state index contributed by atoms with van der Waals surface area (Å²) in [5.41, 5.74) is -4.08. The predicted molar refractivity (Wildman–Crippen MR) is 61.6 cm³/mol. The summed E-state index contributed by atoms with van der Waals surface area (Å²) in [6, 6.07) is 0. The Morgan fingerprint density at radius 3 is 2.81 bits per heavy atom. The van der Waals surface area contributed by atoms with Crippen molar-refractivity contribution in [2.45, 2.75) is 18.9 Å². The van der Waals surface area contributed by atoms with Gasteiger partial charge in [0.2, 0.25) is 0 Å². The molecule has 0 amide bonds. The van der Waals surface area contributed by atoms with E-state index in [1.165, 1.54) is 0 Å². The average molecular weight is 256 g/mol. The lowest BCUT2D eigenvalue weighted by Crippen LogP contribution is -2.28. The Balaban J connectivity index is 2.07. The van der Waals surface area contributed by atoms with Crippen LogP contribution in [0.1, 0.15) is 13.3 Å². The minimum absolute atomic E-state index is 0.0822. The van der Waals surface area contributed by atoms with E-state index in [1.54, 1.807) is 0 Å². The first-order chi connectivity index (χ1) is 7.51. The summed E-state index contributed by atoms with van der Waals surface area (Å²) in [5.74, 6) is 0.757. The smallest absolute Gasteiger partial charge is 0.317 e. The number of hydrogen-bond donors (Lipinski definition) is 1. The zero-order valence-corrected chi connectivity index (χ0v) is 10.3. The second-order valence-electron chi connectivity index (χ2n) is 4.06. The number of likely N-dealkylation sites (tertiary alicyclic amines) is 1. The standard InChI is InChI=1S/C10H19F3N2S/c1-2-14-7-9-3-4-15(8-9)5-6-16-10(11,12)13/h9,14H,2-8H2,1H3. The lowest BCUT2D eigenvalue weighted by atomic mass is 10.1. The first-order valence-corrected chi connectivity index (χ1v) is 6.63. The molecule has 1 N–H and O–H groups in total. The average Bonchev–Trinajstić information content (AvgIpc) is 2.61. The number of halogens is 3. The van der Waals surface area contributed by atoms with Crippen molar-refractivity contribution in [1.29, 1.82) is 0 Å². The van der Waals surface area contributed by atoms with Gasteiger partial charge in [0.25, 0.3) is 0 Å². The molecule has 1 heterocycles. The van der Waals surface area contributed by atoms with Crippen LogP contribution in [0.15, 0.2) is 0 Å². The van der Waals surface area contributed by atoms with Crippen LogP contribution >= 0.6 is 11.8 Å². The van der Waals surface area contributed by atoms with E-state index in [1.807, 2.05) is 0 Å². The van der Waals surface area contributed by atoms with Gasteiger partial charge in [0, 0.05) is 18.8 Å². The van der Waals surface area contributed by atoms with Crippen LogP contribution in [0, 0.1) is 5.92 Å². The van der Waals surface area contributed by atoms with Gasteiger partial charge in [0.05, 0.1) is 0 Å². The van der Waals surface area contributed by atoms with E-state index in [0.717, 1.165) is 32.6 Å². The lowest BCUT2D eigenvalue weighted by Gasteiger charge is -2.16. The summed E-state index contributed by atoms with van der Waals surface area (Å²) >= 11 is 0.0822. The van der Waals surface area contributed by atoms with Crippen molar-refractivity contribution in [2.75, 3.05) is 38.5 Å². The molecule has 0 saturated carbocycles. The molecule has 1 atom stereocenters. The fourth-order valence-electron chi connectivity index (χ4n) is 1.92. The van der Waals surface area contributed by atoms with E-state index in [9.17, 15) is 13.2 Å². The van der Waals surface area contributed by atoms with Crippen molar-refractivity contribution in [3.8, 4) is 0 Å². The maximum absolute atomic E-state index is 11.9. The summed E-state index contributed by atoms with van der Waals surface area (Å²) < 4.78 is 35.7. The number of alkyl halides is 3. The number of hydrogen-bond acceptors (Lipinski definition) is 3. The van der Waals surface area contributed by atoms with E-state index in [4.69, 9.17) is 0 Å². The number of thioether (sulfide) groups is 1. The van der Waals surface area contributed by atoms with Crippen molar-refractivity contribution in [3.63, 3.8) is 0 Å². The summed E-state index contributed by atoms with van der Waals surface area (Å²) in [7, 11) is 0. The van der Waals surface area contributed by atoms with Crippen molar-refractivity contribution in [3.05, 3.63) is 0 Å². The van der Waals surface area contributed by atoms with Gasteiger partial charge in [0.15, 0.2) is 0 Å². The van der Waals surface area contributed by atoms with Crippen LogP contribution in [0.3, 0.4) is 0 Å². The van der Waals surface area contributed by atoms with Gasteiger partial charge in [-0.3, -0.25) is 0 Å². The highest BCUT2D eigenvalue weighted by Gasteiger charge is 2.29. The highest BCUT2D eigenvalue weighted by molar-refractivity contribution is 8.00. The van der Waals surface area contributed by atoms with Crippen LogP contribution in [0.5, 0.6) is 0 Å². The molecule has 16 heavy (non-hydrogen) atoms. The van der Waals surface area contributed by atoms with Gasteiger partial charge in [-0.15, -0.1) is 0 Å². The minimum atomic E-state index is -4.08. The van der Waals surface area contributed by atoms with E-state index in [-0.39, 0.29) is 17.5 Å². The van der Waals surface area contributed by atoms with E-state index in [2.05, 4.69) is 17.1 Å². The Labute approximate surface area is 98.9 Å². The van der Waals surface area contributed by atoms with Crippen molar-refractivity contribution in [2.24, 2.45) is 5.92 Å². The Morgan fingerprint density at radius 2 is 2.19 bits per heavy atom. The lowest BCUT2D eigenvalue weighted by molar-refractivity contribution is -0.0328. The number of nitrogens with one attached hydrogen (secondary N) is 1. The van der Waals surface area contributed by atoms with Gasteiger partial charge in [-0.1, -0.05) is 6.92 Å². The molecule has 1 rings (SSSR count). The Bertz CT molecular complexity index is 199. The monoisotopic (exact) mass is 256 g/mol. The molecule has 1 aliphatic heterocycles. The van der Waals surface area contributed by atoms with Crippen molar-refractivity contribution in [1.82, 2.24) is 10.2 Å². The van der Waals surface area contributed by atoms with Gasteiger partial charge < -0.3 is 10.2 Å². The minimum Gasteiger partial charge on any atom is -0.317 e. The van der Waals surface area contributed by atoms with Gasteiger partial charge in [-0.2, -0.15) is 13.2 Å².